The molecule has 0 aromatic carbocycles. The Labute approximate surface area is 127 Å². The zero-order valence-corrected chi connectivity index (χ0v) is 13.0. The lowest BCUT2D eigenvalue weighted by Crippen LogP contribution is -2.59. The van der Waals surface area contributed by atoms with Crippen LogP contribution in [0.3, 0.4) is 0 Å². The minimum atomic E-state index is -0.147. The fraction of sp³-hybridized carbons (Fsp3) is 0.800. The highest BCUT2D eigenvalue weighted by Crippen LogP contribution is 2.25. The van der Waals surface area contributed by atoms with E-state index in [2.05, 4.69) is 21.9 Å². The van der Waals surface area contributed by atoms with Crippen molar-refractivity contribution >= 4 is 33.8 Å². The molecule has 114 valence electrons. The van der Waals surface area contributed by atoms with E-state index < -0.39 is 0 Å². The maximum atomic E-state index is 8.95. The molecule has 0 radical (unpaired) electrons. The first-order chi connectivity index (χ1) is 9.49. The summed E-state index contributed by atoms with van der Waals surface area (Å²) in [4.78, 5) is 10.3. The van der Waals surface area contributed by atoms with Gasteiger partial charge >= 0.3 is 0 Å². The third kappa shape index (κ3) is 3.89. The zero-order valence-electron chi connectivity index (χ0n) is 11.5. The van der Waals surface area contributed by atoms with Gasteiger partial charge in [-0.3, -0.25) is 9.89 Å². The zero-order chi connectivity index (χ0) is 14.7. The highest BCUT2D eigenvalue weighted by molar-refractivity contribution is 8.17. The highest BCUT2D eigenvalue weighted by Gasteiger charge is 2.30. The summed E-state index contributed by atoms with van der Waals surface area (Å²) >= 11 is 7.42. The molecule has 0 spiro atoms. The van der Waals surface area contributed by atoms with Gasteiger partial charge in [0.25, 0.3) is 0 Å². The van der Waals surface area contributed by atoms with Gasteiger partial charge in [0, 0.05) is 18.8 Å². The monoisotopic (exact) mass is 322 g/mol. The Morgan fingerprint density at radius 3 is 2.80 bits per heavy atom. The normalized spacial score (nSPS) is 26.4. The molecule has 2 rings (SSSR count). The molecule has 20 heavy (non-hydrogen) atoms. The molecule has 1 atom stereocenters. The van der Waals surface area contributed by atoms with E-state index in [1.165, 1.54) is 11.8 Å². The van der Waals surface area contributed by atoms with Crippen molar-refractivity contribution in [2.24, 2.45) is 10.1 Å². The highest BCUT2D eigenvalue weighted by atomic mass is 35.5. The Morgan fingerprint density at radius 1 is 1.50 bits per heavy atom. The summed E-state index contributed by atoms with van der Waals surface area (Å²) in [5.74, 6) is 0.517. The number of hydrogen-bond donors (Lipinski definition) is 2. The van der Waals surface area contributed by atoms with Gasteiger partial charge in [0.15, 0.2) is 4.50 Å². The molecule has 2 heterocycles. The van der Waals surface area contributed by atoms with Gasteiger partial charge < -0.3 is 9.80 Å². The molecule has 1 saturated heterocycles. The first kappa shape index (κ1) is 15.6. The van der Waals surface area contributed by atoms with Crippen LogP contribution in [0.4, 0.5) is 0 Å². The average Bonchev–Trinajstić information content (AvgIpc) is 2.78. The summed E-state index contributed by atoms with van der Waals surface area (Å²) in [6.07, 6.45) is 0. The van der Waals surface area contributed by atoms with Crippen LogP contribution in [-0.2, 0) is 0 Å². The van der Waals surface area contributed by atoms with Crippen molar-refractivity contribution in [3.05, 3.63) is 0 Å². The second kappa shape index (κ2) is 6.81. The summed E-state index contributed by atoms with van der Waals surface area (Å²) in [6.45, 7) is 5.73. The predicted octanol–water partition coefficient (Wildman–Crippen LogP) is 0.532. The molecule has 2 aliphatic heterocycles. The minimum Gasteiger partial charge on any atom is -0.331 e. The number of halogens is 1. The van der Waals surface area contributed by atoms with Gasteiger partial charge in [-0.1, -0.05) is 35.4 Å². The number of hydrogen-bond acceptors (Lipinski definition) is 7. The molecule has 0 amide bonds. The first-order valence-electron chi connectivity index (χ1n) is 6.31. The van der Waals surface area contributed by atoms with Crippen LogP contribution in [0.25, 0.3) is 0 Å². The van der Waals surface area contributed by atoms with Crippen LogP contribution in [0.5, 0.6) is 0 Å². The van der Waals surface area contributed by atoms with Gasteiger partial charge in [-0.15, -0.1) is 0 Å². The summed E-state index contributed by atoms with van der Waals surface area (Å²) < 4.78 is 0.581. The summed E-state index contributed by atoms with van der Waals surface area (Å²) in [5.41, 5.74) is 0. The van der Waals surface area contributed by atoms with Crippen molar-refractivity contribution in [1.29, 1.82) is 0 Å². The summed E-state index contributed by atoms with van der Waals surface area (Å²) in [5, 5.41) is 21.7. The molecule has 0 aliphatic carbocycles. The molecule has 2 aliphatic rings. The largest absolute Gasteiger partial charge is 0.331 e. The van der Waals surface area contributed by atoms with Crippen molar-refractivity contribution in [3.8, 4) is 0 Å². The molecule has 8 nitrogen and oxygen atoms in total. The quantitative estimate of drug-likeness (QED) is 0.731. The maximum Gasteiger partial charge on any atom is 0.226 e. The molecule has 2 N–H and O–H groups in total. The van der Waals surface area contributed by atoms with Gasteiger partial charge in [0.2, 0.25) is 5.96 Å². The van der Waals surface area contributed by atoms with E-state index in [0.29, 0.717) is 36.9 Å². The number of nitrogens with zero attached hydrogens (tertiary/aromatic N) is 6. The van der Waals surface area contributed by atoms with Gasteiger partial charge in [-0.25, -0.2) is 10.4 Å². The maximum absolute atomic E-state index is 8.95. The smallest absolute Gasteiger partial charge is 0.226 e. The predicted molar refractivity (Wildman–Crippen MR) is 79.0 cm³/mol. The number of thioether (sulfide) groups is 1. The van der Waals surface area contributed by atoms with E-state index in [1.54, 1.807) is 0 Å². The molecular weight excluding hydrogens is 304 g/mol. The molecule has 0 bridgehead atoms. The Morgan fingerprint density at radius 2 is 2.25 bits per heavy atom. The van der Waals surface area contributed by atoms with Gasteiger partial charge in [0.05, 0.1) is 19.9 Å². The summed E-state index contributed by atoms with van der Waals surface area (Å²) in [7, 11) is 1.86. The van der Waals surface area contributed by atoms with Crippen LogP contribution in [0.2, 0.25) is 0 Å². The van der Waals surface area contributed by atoms with Crippen molar-refractivity contribution in [3.63, 3.8) is 0 Å². The van der Waals surface area contributed by atoms with Crippen LogP contribution in [0.1, 0.15) is 6.92 Å². The van der Waals surface area contributed by atoms with E-state index >= 15 is 0 Å². The van der Waals surface area contributed by atoms with Gasteiger partial charge in [0.1, 0.15) is 0 Å². The molecule has 0 aromatic rings. The van der Waals surface area contributed by atoms with Gasteiger partial charge in [-0.05, 0) is 11.9 Å². The number of aliphatic imine (C=N–C) groups is 1. The minimum absolute atomic E-state index is 0.147. The SMILES string of the molecule is CCN1CN(C)C(=NN(O)O)N(CC2CN=C(Cl)S2)C1. The van der Waals surface area contributed by atoms with Gasteiger partial charge in [-0.2, -0.15) is 0 Å². The Kier molecular flexibility index (Phi) is 5.33. The topological polar surface area (TPSA) is 78.1 Å². The molecule has 0 aromatic heterocycles. The first-order valence-corrected chi connectivity index (χ1v) is 7.57. The number of rotatable bonds is 4. The van der Waals surface area contributed by atoms with E-state index in [9.17, 15) is 0 Å². The molecule has 1 unspecified atom stereocenters. The molecule has 0 saturated carbocycles. The van der Waals surface area contributed by atoms with Crippen LogP contribution in [0.15, 0.2) is 10.1 Å². The lowest BCUT2D eigenvalue weighted by atomic mass is 10.3. The van der Waals surface area contributed by atoms with E-state index in [4.69, 9.17) is 22.0 Å². The van der Waals surface area contributed by atoms with Crippen LogP contribution in [-0.4, -0.2) is 86.2 Å². The number of guanidine groups is 1. The van der Waals surface area contributed by atoms with Crippen LogP contribution >= 0.6 is 23.4 Å². The van der Waals surface area contributed by atoms with Crippen LogP contribution < -0.4 is 0 Å². The van der Waals surface area contributed by atoms with Crippen LogP contribution in [0, 0.1) is 0 Å². The van der Waals surface area contributed by atoms with E-state index in [1.807, 2.05) is 16.8 Å². The third-order valence-corrected chi connectivity index (χ3v) is 4.48. The lowest BCUT2D eigenvalue weighted by Gasteiger charge is -2.43. The van der Waals surface area contributed by atoms with Crippen molar-refractivity contribution < 1.29 is 10.4 Å². The summed E-state index contributed by atoms with van der Waals surface area (Å²) in [6, 6.07) is 0. The molecule has 1 fully saturated rings. The Balaban J connectivity index is 2.07. The van der Waals surface area contributed by atoms with Crippen molar-refractivity contribution in [1.82, 2.24) is 20.0 Å². The fourth-order valence-electron chi connectivity index (χ4n) is 2.24. The Hall–Kier alpha value is -0.740. The van der Waals surface area contributed by atoms with Crippen molar-refractivity contribution in [2.45, 2.75) is 12.2 Å². The Bertz CT molecular complexity index is 407. The van der Waals surface area contributed by atoms with E-state index in [-0.39, 0.29) is 10.6 Å². The van der Waals surface area contributed by atoms with Crippen molar-refractivity contribution in [2.75, 3.05) is 40.0 Å². The average molecular weight is 323 g/mol. The number of hydrazone groups is 1. The molecular formula is C10H19ClN6O2S. The standard InChI is InChI=1S/C10H19ClN6O2S/c1-3-15-6-14(2)10(13-17(18)19)16(7-15)5-8-4-12-9(11)20-8/h8,18-19H,3-7H2,1-2H3. The van der Waals surface area contributed by atoms with E-state index in [0.717, 1.165) is 6.54 Å². The fourth-order valence-corrected chi connectivity index (χ4v) is 3.51. The lowest BCUT2D eigenvalue weighted by molar-refractivity contribution is -0.309. The molecule has 10 heteroatoms. The second-order valence-corrected chi connectivity index (χ2v) is 6.56. The third-order valence-electron chi connectivity index (χ3n) is 3.14. The second-order valence-electron chi connectivity index (χ2n) is 4.69.